The Morgan fingerprint density at radius 2 is 2.26 bits per heavy atom. The molecule has 0 N–H and O–H groups in total. The Morgan fingerprint density at radius 1 is 1.43 bits per heavy atom. The average Bonchev–Trinajstić information content (AvgIpc) is 3.05. The third-order valence-corrected chi connectivity index (χ3v) is 4.32. The van der Waals surface area contributed by atoms with E-state index in [-0.39, 0.29) is 11.5 Å². The number of amides is 1. The lowest BCUT2D eigenvalue weighted by Crippen LogP contribution is -2.50. The van der Waals surface area contributed by atoms with Crippen molar-refractivity contribution >= 4 is 17.2 Å². The minimum atomic E-state index is -0.315. The summed E-state index contributed by atoms with van der Waals surface area (Å²) in [6.07, 6.45) is 0. The number of ether oxygens (including phenoxy) is 2. The summed E-state index contributed by atoms with van der Waals surface area (Å²) in [5.74, 6) is 0.574. The van der Waals surface area contributed by atoms with Gasteiger partial charge in [0.1, 0.15) is 12.4 Å². The Labute approximate surface area is 139 Å². The van der Waals surface area contributed by atoms with Crippen LogP contribution in [0.5, 0.6) is 5.75 Å². The van der Waals surface area contributed by atoms with Crippen molar-refractivity contribution in [2.75, 3.05) is 19.7 Å². The van der Waals surface area contributed by atoms with E-state index < -0.39 is 0 Å². The molecule has 0 radical (unpaired) electrons. The molecule has 0 bridgehead atoms. The highest BCUT2D eigenvalue weighted by Crippen LogP contribution is 2.24. The van der Waals surface area contributed by atoms with Gasteiger partial charge in [0, 0.05) is 18.5 Å². The van der Waals surface area contributed by atoms with Crippen molar-refractivity contribution in [3.05, 3.63) is 46.4 Å². The zero-order valence-corrected chi connectivity index (χ0v) is 14.1. The average molecular weight is 332 g/mol. The lowest BCUT2D eigenvalue weighted by molar-refractivity contribution is -0.0764. The smallest absolute Gasteiger partial charge is 0.257 e. The van der Waals surface area contributed by atoms with Crippen molar-refractivity contribution in [1.82, 2.24) is 9.88 Å². The van der Waals surface area contributed by atoms with E-state index >= 15 is 0 Å². The van der Waals surface area contributed by atoms with Crippen LogP contribution < -0.4 is 4.74 Å². The van der Waals surface area contributed by atoms with Crippen molar-refractivity contribution in [3.8, 4) is 5.75 Å². The number of benzene rings is 1. The van der Waals surface area contributed by atoms with E-state index in [9.17, 15) is 4.79 Å². The van der Waals surface area contributed by atoms with Crippen molar-refractivity contribution in [2.45, 2.75) is 26.1 Å². The number of para-hydroxylation sites is 1. The summed E-state index contributed by atoms with van der Waals surface area (Å²) >= 11 is 1.53. The number of hydrogen-bond donors (Lipinski definition) is 0. The molecule has 0 saturated carbocycles. The van der Waals surface area contributed by atoms with Gasteiger partial charge in [0.05, 0.1) is 29.0 Å². The van der Waals surface area contributed by atoms with E-state index in [4.69, 9.17) is 9.47 Å². The maximum absolute atomic E-state index is 12.8. The molecule has 23 heavy (non-hydrogen) atoms. The van der Waals surface area contributed by atoms with Gasteiger partial charge in [-0.3, -0.25) is 4.79 Å². The molecule has 3 rings (SSSR count). The zero-order chi connectivity index (χ0) is 16.3. The molecule has 0 unspecified atom stereocenters. The summed E-state index contributed by atoms with van der Waals surface area (Å²) in [4.78, 5) is 18.9. The predicted molar refractivity (Wildman–Crippen MR) is 88.8 cm³/mol. The third-order valence-electron chi connectivity index (χ3n) is 3.69. The van der Waals surface area contributed by atoms with E-state index in [0.29, 0.717) is 37.6 Å². The maximum Gasteiger partial charge on any atom is 0.257 e. The molecular formula is C17H20N2O3S. The molecule has 1 aromatic carbocycles. The van der Waals surface area contributed by atoms with Crippen molar-refractivity contribution in [1.29, 1.82) is 0 Å². The van der Waals surface area contributed by atoms with E-state index in [0.717, 1.165) is 5.69 Å². The predicted octanol–water partition coefficient (Wildman–Crippen LogP) is 2.97. The van der Waals surface area contributed by atoms with Gasteiger partial charge in [-0.1, -0.05) is 12.1 Å². The first kappa shape index (κ1) is 16.0. The highest BCUT2D eigenvalue weighted by molar-refractivity contribution is 7.07. The summed E-state index contributed by atoms with van der Waals surface area (Å²) < 4.78 is 11.5. The van der Waals surface area contributed by atoms with Gasteiger partial charge in [-0.25, -0.2) is 4.98 Å². The Balaban J connectivity index is 1.75. The van der Waals surface area contributed by atoms with Crippen molar-refractivity contribution in [3.63, 3.8) is 0 Å². The molecule has 2 aromatic rings. The highest BCUT2D eigenvalue weighted by Gasteiger charge is 2.31. The van der Waals surface area contributed by atoms with Gasteiger partial charge in [0.15, 0.2) is 0 Å². The summed E-state index contributed by atoms with van der Waals surface area (Å²) in [6.45, 7) is 6.09. The fourth-order valence-corrected chi connectivity index (χ4v) is 3.13. The van der Waals surface area contributed by atoms with Crippen LogP contribution in [0.1, 0.15) is 29.9 Å². The molecule has 1 amide bonds. The van der Waals surface area contributed by atoms with Gasteiger partial charge >= 0.3 is 0 Å². The molecule has 2 heterocycles. The first-order valence-electron chi connectivity index (χ1n) is 7.57. The lowest BCUT2D eigenvalue weighted by atomic mass is 10.1. The quantitative estimate of drug-likeness (QED) is 0.864. The standard InChI is InChI=1S/C17H20N2O3S/c1-17(2)11-19(7-8-22-17)16(20)14-5-3-4-6-15(14)21-9-13-10-23-12-18-13/h3-6,10,12H,7-9,11H2,1-2H3. The van der Waals surface area contributed by atoms with Crippen molar-refractivity contribution in [2.24, 2.45) is 0 Å². The number of hydrogen-bond acceptors (Lipinski definition) is 5. The van der Waals surface area contributed by atoms with Crippen LogP contribution in [0.2, 0.25) is 0 Å². The van der Waals surface area contributed by atoms with E-state index in [1.165, 1.54) is 11.3 Å². The third kappa shape index (κ3) is 3.89. The SMILES string of the molecule is CC1(C)CN(C(=O)c2ccccc2OCc2cscn2)CCO1. The summed E-state index contributed by atoms with van der Waals surface area (Å²) in [5.41, 5.74) is 2.90. The maximum atomic E-state index is 12.8. The number of morpholine rings is 1. The molecule has 0 spiro atoms. The Morgan fingerprint density at radius 3 is 3.00 bits per heavy atom. The number of nitrogens with zero attached hydrogens (tertiary/aromatic N) is 2. The molecule has 1 aliphatic heterocycles. The molecule has 0 atom stereocenters. The van der Waals surface area contributed by atoms with E-state index in [1.807, 2.05) is 42.3 Å². The Hall–Kier alpha value is -1.92. The number of rotatable bonds is 4. The van der Waals surface area contributed by atoms with Gasteiger partial charge in [0.2, 0.25) is 0 Å². The normalized spacial score (nSPS) is 17.0. The molecule has 6 heteroatoms. The summed E-state index contributed by atoms with van der Waals surface area (Å²) in [6, 6.07) is 7.36. The molecular weight excluding hydrogens is 312 g/mol. The second-order valence-electron chi connectivity index (χ2n) is 6.10. The number of aromatic nitrogens is 1. The van der Waals surface area contributed by atoms with Gasteiger partial charge in [-0.2, -0.15) is 0 Å². The van der Waals surface area contributed by atoms with Crippen LogP contribution in [0.4, 0.5) is 0 Å². The Bertz CT molecular complexity index is 670. The van der Waals surface area contributed by atoms with Gasteiger partial charge in [0.25, 0.3) is 5.91 Å². The second kappa shape index (κ2) is 6.68. The monoisotopic (exact) mass is 332 g/mol. The second-order valence-corrected chi connectivity index (χ2v) is 6.82. The minimum Gasteiger partial charge on any atom is -0.486 e. The van der Waals surface area contributed by atoms with Crippen LogP contribution in [-0.4, -0.2) is 41.1 Å². The molecule has 5 nitrogen and oxygen atoms in total. The van der Waals surface area contributed by atoms with Crippen LogP contribution in [0.15, 0.2) is 35.2 Å². The number of carbonyl (C=O) groups is 1. The van der Waals surface area contributed by atoms with Gasteiger partial charge in [-0.05, 0) is 26.0 Å². The number of carbonyl (C=O) groups excluding carboxylic acids is 1. The molecule has 0 aliphatic carbocycles. The molecule has 1 fully saturated rings. The summed E-state index contributed by atoms with van der Waals surface area (Å²) in [7, 11) is 0. The van der Waals surface area contributed by atoms with Crippen LogP contribution >= 0.6 is 11.3 Å². The fraction of sp³-hybridized carbons (Fsp3) is 0.412. The van der Waals surface area contributed by atoms with Gasteiger partial charge < -0.3 is 14.4 Å². The fourth-order valence-electron chi connectivity index (χ4n) is 2.59. The molecule has 1 aliphatic rings. The van der Waals surface area contributed by atoms with E-state index in [2.05, 4.69) is 4.98 Å². The van der Waals surface area contributed by atoms with Crippen LogP contribution in [0.25, 0.3) is 0 Å². The highest BCUT2D eigenvalue weighted by atomic mass is 32.1. The molecule has 122 valence electrons. The first-order chi connectivity index (χ1) is 11.1. The Kier molecular flexibility index (Phi) is 4.63. The largest absolute Gasteiger partial charge is 0.486 e. The zero-order valence-electron chi connectivity index (χ0n) is 13.3. The molecule has 1 aromatic heterocycles. The first-order valence-corrected chi connectivity index (χ1v) is 8.51. The topological polar surface area (TPSA) is 51.7 Å². The van der Waals surface area contributed by atoms with Crippen LogP contribution in [-0.2, 0) is 11.3 Å². The van der Waals surface area contributed by atoms with Crippen molar-refractivity contribution < 1.29 is 14.3 Å². The number of thiazole rings is 1. The molecule has 1 saturated heterocycles. The van der Waals surface area contributed by atoms with Gasteiger partial charge in [-0.15, -0.1) is 11.3 Å². The lowest BCUT2D eigenvalue weighted by Gasteiger charge is -2.38. The van der Waals surface area contributed by atoms with Crippen LogP contribution in [0.3, 0.4) is 0 Å². The summed E-state index contributed by atoms with van der Waals surface area (Å²) in [5, 5.41) is 1.94. The minimum absolute atomic E-state index is 0.0183. The van der Waals surface area contributed by atoms with E-state index in [1.54, 1.807) is 11.6 Å². The van der Waals surface area contributed by atoms with Crippen LogP contribution in [0, 0.1) is 0 Å².